The molecule has 25 heavy (non-hydrogen) atoms. The average Bonchev–Trinajstić information content (AvgIpc) is 3.00. The lowest BCUT2D eigenvalue weighted by Crippen LogP contribution is -2.39. The number of aromatic nitrogens is 3. The molecule has 0 saturated carbocycles. The topological polar surface area (TPSA) is 97.0 Å². The van der Waals surface area contributed by atoms with Gasteiger partial charge in [-0.05, 0) is 13.8 Å². The summed E-state index contributed by atoms with van der Waals surface area (Å²) in [7, 11) is 1.63. The normalized spacial score (nSPS) is 11.6. The molecule has 0 fully saturated rings. The number of halogens is 2. The van der Waals surface area contributed by atoms with E-state index in [0.29, 0.717) is 16.5 Å². The third kappa shape index (κ3) is 5.68. The summed E-state index contributed by atoms with van der Waals surface area (Å²) in [6, 6.07) is 1.53. The van der Waals surface area contributed by atoms with Gasteiger partial charge in [0.25, 0.3) is 6.43 Å². The van der Waals surface area contributed by atoms with Crippen molar-refractivity contribution in [1.82, 2.24) is 15.0 Å². The van der Waals surface area contributed by atoms with Gasteiger partial charge in [0, 0.05) is 30.5 Å². The molecule has 10 heteroatoms. The van der Waals surface area contributed by atoms with Crippen LogP contribution >= 0.6 is 11.3 Å². The predicted molar refractivity (Wildman–Crippen MR) is 93.9 cm³/mol. The molecule has 0 radical (unpaired) electrons. The Morgan fingerprint density at radius 2 is 2.12 bits per heavy atom. The van der Waals surface area contributed by atoms with Gasteiger partial charge in [0.1, 0.15) is 17.8 Å². The Morgan fingerprint density at radius 1 is 1.40 bits per heavy atom. The van der Waals surface area contributed by atoms with Crippen LogP contribution in [0.5, 0.6) is 0 Å². The van der Waals surface area contributed by atoms with Crippen LogP contribution in [0.2, 0.25) is 0 Å². The minimum absolute atomic E-state index is 0.143. The Labute approximate surface area is 148 Å². The number of thiazole rings is 1. The minimum Gasteiger partial charge on any atom is -0.364 e. The first kappa shape index (κ1) is 19.1. The highest BCUT2D eigenvalue weighted by Crippen LogP contribution is 2.27. The van der Waals surface area contributed by atoms with E-state index in [0.717, 1.165) is 0 Å². The summed E-state index contributed by atoms with van der Waals surface area (Å²) in [6.07, 6.45) is -1.02. The van der Waals surface area contributed by atoms with E-state index in [2.05, 4.69) is 20.3 Å². The van der Waals surface area contributed by atoms with Crippen molar-refractivity contribution in [3.8, 4) is 11.4 Å². The lowest BCUT2D eigenvalue weighted by molar-refractivity contribution is -0.119. The molecule has 0 unspecified atom stereocenters. The fourth-order valence-electron chi connectivity index (χ4n) is 1.93. The standard InChI is InChI=1S/C15H20F2N6OS/c1-15(2,18)5-13(24)23(3)14-22-10(7-25-14)9-4-12(21-8-20-9)19-6-11(16)17/h4,7-8,11H,5-6,18H2,1-3H3,(H,19,20,21). The maximum Gasteiger partial charge on any atom is 0.255 e. The summed E-state index contributed by atoms with van der Waals surface area (Å²) in [5.41, 5.74) is 6.28. The van der Waals surface area contributed by atoms with Gasteiger partial charge in [-0.1, -0.05) is 0 Å². The molecule has 136 valence electrons. The van der Waals surface area contributed by atoms with Crippen molar-refractivity contribution in [2.75, 3.05) is 23.8 Å². The minimum atomic E-state index is -2.48. The molecule has 0 aliphatic carbocycles. The largest absolute Gasteiger partial charge is 0.364 e. The molecule has 0 bridgehead atoms. The number of hydrogen-bond donors (Lipinski definition) is 2. The molecule has 2 aromatic heterocycles. The van der Waals surface area contributed by atoms with Crippen molar-refractivity contribution >= 4 is 28.2 Å². The zero-order valence-corrected chi connectivity index (χ0v) is 15.0. The molecule has 0 aliphatic rings. The summed E-state index contributed by atoms with van der Waals surface area (Å²) in [5.74, 6) is 0.143. The second-order valence-corrected chi connectivity index (χ2v) is 7.03. The molecule has 2 heterocycles. The SMILES string of the molecule is CN(C(=O)CC(C)(C)N)c1nc(-c2cc(NCC(F)F)ncn2)cs1. The van der Waals surface area contributed by atoms with Gasteiger partial charge in [0.2, 0.25) is 5.91 Å². The Balaban J connectivity index is 2.13. The number of anilines is 2. The van der Waals surface area contributed by atoms with Crippen molar-refractivity contribution in [2.24, 2.45) is 5.73 Å². The van der Waals surface area contributed by atoms with Gasteiger partial charge in [-0.25, -0.2) is 23.7 Å². The van der Waals surface area contributed by atoms with Gasteiger partial charge in [-0.2, -0.15) is 0 Å². The summed E-state index contributed by atoms with van der Waals surface area (Å²) < 4.78 is 24.5. The number of amides is 1. The van der Waals surface area contributed by atoms with Crippen molar-refractivity contribution in [2.45, 2.75) is 32.2 Å². The summed E-state index contributed by atoms with van der Waals surface area (Å²) >= 11 is 1.28. The Kier molecular flexibility index (Phi) is 5.96. The highest BCUT2D eigenvalue weighted by atomic mass is 32.1. The molecule has 3 N–H and O–H groups in total. The van der Waals surface area contributed by atoms with E-state index >= 15 is 0 Å². The third-order valence-corrected chi connectivity index (χ3v) is 4.04. The van der Waals surface area contributed by atoms with E-state index < -0.39 is 18.5 Å². The van der Waals surface area contributed by atoms with E-state index in [1.54, 1.807) is 26.3 Å². The molecule has 0 aliphatic heterocycles. The number of nitrogens with zero attached hydrogens (tertiary/aromatic N) is 4. The summed E-state index contributed by atoms with van der Waals surface area (Å²) in [6.45, 7) is 3.06. The van der Waals surface area contributed by atoms with Crippen LogP contribution in [0.4, 0.5) is 19.7 Å². The van der Waals surface area contributed by atoms with Crippen LogP contribution in [0.3, 0.4) is 0 Å². The smallest absolute Gasteiger partial charge is 0.255 e. The van der Waals surface area contributed by atoms with Crippen LogP contribution in [-0.2, 0) is 4.79 Å². The Hall–Kier alpha value is -2.20. The van der Waals surface area contributed by atoms with Gasteiger partial charge in [0.15, 0.2) is 5.13 Å². The van der Waals surface area contributed by atoms with E-state index in [1.807, 2.05) is 0 Å². The van der Waals surface area contributed by atoms with E-state index in [1.165, 1.54) is 28.6 Å². The molecular formula is C15H20F2N6OS. The quantitative estimate of drug-likeness (QED) is 0.777. The number of carbonyl (C=O) groups excluding carboxylic acids is 1. The number of hydrogen-bond acceptors (Lipinski definition) is 7. The molecule has 0 spiro atoms. The Morgan fingerprint density at radius 3 is 2.76 bits per heavy atom. The van der Waals surface area contributed by atoms with Crippen LogP contribution in [0.1, 0.15) is 20.3 Å². The number of carbonyl (C=O) groups is 1. The highest BCUT2D eigenvalue weighted by molar-refractivity contribution is 7.14. The van der Waals surface area contributed by atoms with Crippen LogP contribution in [-0.4, -0.2) is 46.4 Å². The first-order valence-electron chi connectivity index (χ1n) is 7.51. The van der Waals surface area contributed by atoms with Gasteiger partial charge in [-0.3, -0.25) is 9.69 Å². The molecule has 0 saturated heterocycles. The van der Waals surface area contributed by atoms with Crippen molar-refractivity contribution in [1.29, 1.82) is 0 Å². The van der Waals surface area contributed by atoms with Gasteiger partial charge in [0.05, 0.1) is 12.2 Å². The van der Waals surface area contributed by atoms with Crippen LogP contribution in [0.25, 0.3) is 11.4 Å². The lowest BCUT2D eigenvalue weighted by Gasteiger charge is -2.21. The summed E-state index contributed by atoms with van der Waals surface area (Å²) in [5, 5.41) is 4.77. The van der Waals surface area contributed by atoms with Crippen LogP contribution < -0.4 is 16.0 Å². The fourth-order valence-corrected chi connectivity index (χ4v) is 2.73. The van der Waals surface area contributed by atoms with Crippen LogP contribution in [0, 0.1) is 0 Å². The maximum absolute atomic E-state index is 12.3. The molecule has 1 amide bonds. The average molecular weight is 370 g/mol. The maximum atomic E-state index is 12.3. The van der Waals surface area contributed by atoms with Crippen LogP contribution in [0.15, 0.2) is 17.8 Å². The predicted octanol–water partition coefficient (Wildman–Crippen LogP) is 2.37. The van der Waals surface area contributed by atoms with Gasteiger partial charge in [-0.15, -0.1) is 11.3 Å². The fraction of sp³-hybridized carbons (Fsp3) is 0.467. The Bertz CT molecular complexity index is 731. The molecule has 0 aromatic carbocycles. The number of nitrogens with two attached hydrogens (primary N) is 1. The second kappa shape index (κ2) is 7.79. The highest BCUT2D eigenvalue weighted by Gasteiger charge is 2.22. The third-order valence-electron chi connectivity index (χ3n) is 3.13. The van der Waals surface area contributed by atoms with Crippen molar-refractivity contribution in [3.63, 3.8) is 0 Å². The first-order chi connectivity index (χ1) is 11.7. The van der Waals surface area contributed by atoms with E-state index in [9.17, 15) is 13.6 Å². The number of nitrogens with one attached hydrogen (secondary N) is 1. The van der Waals surface area contributed by atoms with Crippen molar-refractivity contribution < 1.29 is 13.6 Å². The second-order valence-electron chi connectivity index (χ2n) is 6.19. The zero-order valence-electron chi connectivity index (χ0n) is 14.2. The summed E-state index contributed by atoms with van der Waals surface area (Å²) in [4.78, 5) is 26.0. The number of alkyl halides is 2. The van der Waals surface area contributed by atoms with E-state index in [4.69, 9.17) is 5.73 Å². The molecule has 7 nitrogen and oxygen atoms in total. The molecule has 2 rings (SSSR count). The van der Waals surface area contributed by atoms with E-state index in [-0.39, 0.29) is 18.1 Å². The number of rotatable bonds is 7. The lowest BCUT2D eigenvalue weighted by atomic mass is 10.0. The first-order valence-corrected chi connectivity index (χ1v) is 8.39. The monoisotopic (exact) mass is 370 g/mol. The van der Waals surface area contributed by atoms with Gasteiger partial charge < -0.3 is 11.1 Å². The molecular weight excluding hydrogens is 350 g/mol. The van der Waals surface area contributed by atoms with Gasteiger partial charge >= 0.3 is 0 Å². The molecule has 2 aromatic rings. The zero-order chi connectivity index (χ0) is 18.6. The van der Waals surface area contributed by atoms with Crippen molar-refractivity contribution in [3.05, 3.63) is 17.8 Å². The molecule has 0 atom stereocenters.